The largest absolute Gasteiger partial charge is 0.381 e. The van der Waals surface area contributed by atoms with Gasteiger partial charge in [0.25, 0.3) is 0 Å². The molecule has 0 aromatic heterocycles. The Morgan fingerprint density at radius 2 is 1.91 bits per heavy atom. The van der Waals surface area contributed by atoms with Crippen molar-refractivity contribution in [2.45, 2.75) is 44.6 Å². The van der Waals surface area contributed by atoms with E-state index in [4.69, 9.17) is 10.5 Å². The first kappa shape index (κ1) is 16.7. The maximum absolute atomic E-state index is 12.7. The summed E-state index contributed by atoms with van der Waals surface area (Å²) in [5.41, 5.74) is 6.20. The molecule has 2 unspecified atom stereocenters. The number of nitrogens with two attached hydrogens (primary N) is 1. The highest BCUT2D eigenvalue weighted by Crippen LogP contribution is 2.28. The first-order valence-corrected chi connectivity index (χ1v) is 9.05. The third-order valence-electron chi connectivity index (χ3n) is 5.42. The first-order valence-electron chi connectivity index (χ1n) is 9.05. The third-order valence-corrected chi connectivity index (χ3v) is 5.42. The van der Waals surface area contributed by atoms with Crippen LogP contribution < -0.4 is 11.1 Å². The lowest BCUT2D eigenvalue weighted by Gasteiger charge is -2.36. The molecule has 2 amide bonds. The van der Waals surface area contributed by atoms with Gasteiger partial charge in [0.2, 0.25) is 11.8 Å². The molecule has 130 valence electrons. The van der Waals surface area contributed by atoms with Gasteiger partial charge in [-0.25, -0.2) is 0 Å². The summed E-state index contributed by atoms with van der Waals surface area (Å²) in [4.78, 5) is 26.8. The molecular weight excluding hydrogens is 294 g/mol. The molecule has 3 aliphatic rings. The molecule has 3 fully saturated rings. The highest BCUT2D eigenvalue weighted by Gasteiger charge is 2.34. The van der Waals surface area contributed by atoms with E-state index in [2.05, 4.69) is 5.32 Å². The van der Waals surface area contributed by atoms with Gasteiger partial charge in [0.15, 0.2) is 0 Å². The first-order chi connectivity index (χ1) is 11.1. The maximum Gasteiger partial charge on any atom is 0.239 e. The molecule has 1 aliphatic carbocycles. The molecule has 0 radical (unpaired) electrons. The van der Waals surface area contributed by atoms with E-state index in [1.807, 2.05) is 4.90 Å². The lowest BCUT2D eigenvalue weighted by Crippen LogP contribution is -2.53. The van der Waals surface area contributed by atoms with Crippen LogP contribution in [0.1, 0.15) is 38.5 Å². The standard InChI is InChI=1S/C17H29N3O3/c18-15(13-5-8-23-9-6-13)17(22)20-7-1-2-14(11-20)16(21)19-10-12-3-4-12/h12-15H,1-11,18H2,(H,19,21). The fraction of sp³-hybridized carbons (Fsp3) is 0.882. The average Bonchev–Trinajstić information content (AvgIpc) is 3.43. The van der Waals surface area contributed by atoms with Gasteiger partial charge in [-0.15, -0.1) is 0 Å². The Balaban J connectivity index is 1.49. The molecule has 6 heteroatoms. The SMILES string of the molecule is NC(C(=O)N1CCCC(C(=O)NCC2CC2)C1)C1CCOCC1. The molecule has 6 nitrogen and oxygen atoms in total. The normalized spacial score (nSPS) is 27.5. The Labute approximate surface area is 138 Å². The number of hydrogen-bond acceptors (Lipinski definition) is 4. The molecule has 1 saturated carbocycles. The van der Waals surface area contributed by atoms with Crippen molar-refractivity contribution in [3.63, 3.8) is 0 Å². The van der Waals surface area contributed by atoms with Crippen molar-refractivity contribution in [1.29, 1.82) is 0 Å². The molecule has 3 rings (SSSR count). The lowest BCUT2D eigenvalue weighted by atomic mass is 9.90. The zero-order valence-electron chi connectivity index (χ0n) is 13.8. The fourth-order valence-electron chi connectivity index (χ4n) is 3.59. The van der Waals surface area contributed by atoms with Gasteiger partial charge in [-0.1, -0.05) is 0 Å². The summed E-state index contributed by atoms with van der Waals surface area (Å²) in [6.07, 6.45) is 5.92. The molecule has 2 aliphatic heterocycles. The smallest absolute Gasteiger partial charge is 0.239 e. The second-order valence-corrected chi connectivity index (χ2v) is 7.29. The van der Waals surface area contributed by atoms with E-state index in [0.717, 1.165) is 38.8 Å². The topological polar surface area (TPSA) is 84.7 Å². The van der Waals surface area contributed by atoms with E-state index in [1.54, 1.807) is 0 Å². The molecule has 0 aromatic carbocycles. The number of nitrogens with zero attached hydrogens (tertiary/aromatic N) is 1. The van der Waals surface area contributed by atoms with Crippen molar-refractivity contribution >= 4 is 11.8 Å². The van der Waals surface area contributed by atoms with Crippen LogP contribution in [0.15, 0.2) is 0 Å². The lowest BCUT2D eigenvalue weighted by molar-refractivity contribution is -0.138. The van der Waals surface area contributed by atoms with E-state index in [1.165, 1.54) is 12.8 Å². The highest BCUT2D eigenvalue weighted by molar-refractivity contribution is 5.84. The van der Waals surface area contributed by atoms with Crippen molar-refractivity contribution < 1.29 is 14.3 Å². The van der Waals surface area contributed by atoms with Crippen molar-refractivity contribution in [3.8, 4) is 0 Å². The summed E-state index contributed by atoms with van der Waals surface area (Å²) >= 11 is 0. The number of nitrogens with one attached hydrogen (secondary N) is 1. The number of carbonyl (C=O) groups excluding carboxylic acids is 2. The fourth-order valence-corrected chi connectivity index (χ4v) is 3.59. The zero-order chi connectivity index (χ0) is 16.2. The Kier molecular flexibility index (Phi) is 5.54. The minimum Gasteiger partial charge on any atom is -0.381 e. The van der Waals surface area contributed by atoms with Crippen molar-refractivity contribution in [3.05, 3.63) is 0 Å². The van der Waals surface area contributed by atoms with E-state index < -0.39 is 6.04 Å². The van der Waals surface area contributed by atoms with Crippen molar-refractivity contribution in [2.75, 3.05) is 32.8 Å². The monoisotopic (exact) mass is 323 g/mol. The van der Waals surface area contributed by atoms with Gasteiger partial charge < -0.3 is 20.7 Å². The third kappa shape index (κ3) is 4.44. The summed E-state index contributed by atoms with van der Waals surface area (Å²) < 4.78 is 5.34. The number of piperidine rings is 1. The van der Waals surface area contributed by atoms with Crippen LogP contribution >= 0.6 is 0 Å². The predicted molar refractivity (Wildman–Crippen MR) is 86.6 cm³/mol. The van der Waals surface area contributed by atoms with Gasteiger partial charge in [0, 0.05) is 32.8 Å². The van der Waals surface area contributed by atoms with Gasteiger partial charge >= 0.3 is 0 Å². The molecule has 0 spiro atoms. The Morgan fingerprint density at radius 1 is 1.17 bits per heavy atom. The second-order valence-electron chi connectivity index (χ2n) is 7.29. The quantitative estimate of drug-likeness (QED) is 0.772. The number of rotatable bonds is 5. The van der Waals surface area contributed by atoms with Crippen LogP contribution in [0.25, 0.3) is 0 Å². The van der Waals surface area contributed by atoms with Crippen LogP contribution in [0, 0.1) is 17.8 Å². The van der Waals surface area contributed by atoms with Crippen molar-refractivity contribution in [2.24, 2.45) is 23.5 Å². The molecule has 3 N–H and O–H groups in total. The minimum atomic E-state index is -0.452. The molecule has 0 aromatic rings. The highest BCUT2D eigenvalue weighted by atomic mass is 16.5. The Hall–Kier alpha value is -1.14. The Bertz CT molecular complexity index is 433. The average molecular weight is 323 g/mol. The van der Waals surface area contributed by atoms with Crippen LogP contribution in [0.3, 0.4) is 0 Å². The number of ether oxygens (including phenoxy) is 1. The van der Waals surface area contributed by atoms with Gasteiger partial charge in [-0.05, 0) is 50.4 Å². The summed E-state index contributed by atoms with van der Waals surface area (Å²) in [5.74, 6) is 0.932. The molecule has 2 saturated heterocycles. The Morgan fingerprint density at radius 3 is 2.61 bits per heavy atom. The van der Waals surface area contributed by atoms with E-state index in [9.17, 15) is 9.59 Å². The van der Waals surface area contributed by atoms with Crippen LogP contribution in [0.2, 0.25) is 0 Å². The number of likely N-dealkylation sites (tertiary alicyclic amines) is 1. The summed E-state index contributed by atoms with van der Waals surface area (Å²) in [6.45, 7) is 3.43. The summed E-state index contributed by atoms with van der Waals surface area (Å²) in [6, 6.07) is -0.452. The molecule has 0 bridgehead atoms. The minimum absolute atomic E-state index is 0.0107. The number of amides is 2. The van der Waals surface area contributed by atoms with Gasteiger partial charge in [-0.2, -0.15) is 0 Å². The molecule has 2 atom stereocenters. The van der Waals surface area contributed by atoms with Crippen molar-refractivity contribution in [1.82, 2.24) is 10.2 Å². The van der Waals surface area contributed by atoms with Crippen LogP contribution in [-0.2, 0) is 14.3 Å². The number of carbonyl (C=O) groups is 2. The van der Waals surface area contributed by atoms with E-state index >= 15 is 0 Å². The number of hydrogen-bond donors (Lipinski definition) is 2. The van der Waals surface area contributed by atoms with Gasteiger partial charge in [0.1, 0.15) is 0 Å². The summed E-state index contributed by atoms with van der Waals surface area (Å²) in [5, 5.41) is 3.04. The van der Waals surface area contributed by atoms with Crippen LogP contribution in [0.4, 0.5) is 0 Å². The summed E-state index contributed by atoms with van der Waals surface area (Å²) in [7, 11) is 0. The molecule has 23 heavy (non-hydrogen) atoms. The van der Waals surface area contributed by atoms with E-state index in [-0.39, 0.29) is 23.7 Å². The van der Waals surface area contributed by atoms with Gasteiger partial charge in [0.05, 0.1) is 12.0 Å². The molecular formula is C17H29N3O3. The maximum atomic E-state index is 12.7. The van der Waals surface area contributed by atoms with Crippen LogP contribution in [0.5, 0.6) is 0 Å². The zero-order valence-corrected chi connectivity index (χ0v) is 13.8. The van der Waals surface area contributed by atoms with Gasteiger partial charge in [-0.3, -0.25) is 9.59 Å². The molecule has 2 heterocycles. The second kappa shape index (κ2) is 7.62. The van der Waals surface area contributed by atoms with Crippen LogP contribution in [-0.4, -0.2) is 55.6 Å². The predicted octanol–water partition coefficient (Wildman–Crippen LogP) is 0.505. The van der Waals surface area contributed by atoms with E-state index in [0.29, 0.717) is 25.7 Å².